The number of hydrogen-bond acceptors (Lipinski definition) is 6. The number of phenolic OH excluding ortho intramolecular Hbond substituents is 1. The normalized spacial score (nSPS) is 20.4. The molecule has 0 aromatic heterocycles. The number of likely N-dealkylation sites (tertiary alicyclic amines) is 1. The van der Waals surface area contributed by atoms with Gasteiger partial charge in [0, 0.05) is 17.8 Å². The molecular formula is C15H20FN5O5S. The third-order valence-electron chi connectivity index (χ3n) is 4.42. The zero-order valence-corrected chi connectivity index (χ0v) is 15.3. The summed E-state index contributed by atoms with van der Waals surface area (Å²) in [7, 11) is -2.27. The maximum atomic E-state index is 14.4. The Balaban J connectivity index is 1.71. The third kappa shape index (κ3) is 4.22. The molecule has 0 bridgehead atoms. The standard InChI is InChI=1S/C15H20FN5O5S/c1-20-4-2-9(3-5-20)17-15(24)18-10-6-11(16)14(12(22)7-10)21-8-13(23)19-27(21,25)26/h6-7,9,22H,2-5,8H2,1H3,(H,19,23)(H2,17,18,24). The minimum absolute atomic E-state index is 0.00857. The number of amides is 3. The van der Waals surface area contributed by atoms with Gasteiger partial charge >= 0.3 is 16.2 Å². The molecule has 2 aliphatic rings. The molecule has 3 amide bonds. The molecule has 1 aromatic rings. The van der Waals surface area contributed by atoms with E-state index in [2.05, 4.69) is 15.5 Å². The van der Waals surface area contributed by atoms with Gasteiger partial charge in [-0.1, -0.05) is 0 Å². The smallest absolute Gasteiger partial charge is 0.326 e. The Kier molecular flexibility index (Phi) is 5.11. The first kappa shape index (κ1) is 19.2. The molecule has 2 heterocycles. The highest BCUT2D eigenvalue weighted by Crippen LogP contribution is 2.36. The monoisotopic (exact) mass is 401 g/mol. The van der Waals surface area contributed by atoms with Gasteiger partial charge < -0.3 is 20.6 Å². The molecule has 2 fully saturated rings. The van der Waals surface area contributed by atoms with Gasteiger partial charge in [0.05, 0.1) is 0 Å². The van der Waals surface area contributed by atoms with E-state index in [1.54, 1.807) is 4.72 Å². The van der Waals surface area contributed by atoms with E-state index in [1.165, 1.54) is 0 Å². The number of nitrogens with zero attached hydrogens (tertiary/aromatic N) is 2. The van der Waals surface area contributed by atoms with Gasteiger partial charge in [0.25, 0.3) is 5.91 Å². The summed E-state index contributed by atoms with van der Waals surface area (Å²) in [5, 5.41) is 15.2. The number of anilines is 2. The van der Waals surface area contributed by atoms with Crippen LogP contribution >= 0.6 is 0 Å². The van der Waals surface area contributed by atoms with E-state index in [4.69, 9.17) is 0 Å². The van der Waals surface area contributed by atoms with E-state index in [1.807, 2.05) is 7.05 Å². The minimum Gasteiger partial charge on any atom is -0.506 e. The molecule has 148 valence electrons. The summed E-state index contributed by atoms with van der Waals surface area (Å²) in [6.07, 6.45) is 1.58. The molecule has 4 N–H and O–H groups in total. The van der Waals surface area contributed by atoms with Gasteiger partial charge in [-0.2, -0.15) is 8.42 Å². The van der Waals surface area contributed by atoms with Gasteiger partial charge in [0.1, 0.15) is 18.0 Å². The molecule has 1 aromatic carbocycles. The van der Waals surface area contributed by atoms with Gasteiger partial charge in [0.2, 0.25) is 0 Å². The number of halogens is 1. The fraction of sp³-hybridized carbons (Fsp3) is 0.467. The van der Waals surface area contributed by atoms with Crippen molar-refractivity contribution in [2.24, 2.45) is 0 Å². The van der Waals surface area contributed by atoms with Crippen LogP contribution in [0, 0.1) is 5.82 Å². The number of aromatic hydroxyl groups is 1. The lowest BCUT2D eigenvalue weighted by Gasteiger charge is -2.29. The van der Waals surface area contributed by atoms with Crippen LogP contribution in [0.4, 0.5) is 20.6 Å². The van der Waals surface area contributed by atoms with E-state index in [9.17, 15) is 27.5 Å². The number of urea groups is 1. The SMILES string of the molecule is CN1CCC(NC(=O)Nc2cc(O)c(N3CC(=O)NS3(=O)=O)c(F)c2)CC1. The Morgan fingerprint density at radius 1 is 1.33 bits per heavy atom. The van der Waals surface area contributed by atoms with Crippen molar-refractivity contribution in [2.75, 3.05) is 36.3 Å². The third-order valence-corrected chi connectivity index (χ3v) is 5.80. The fourth-order valence-corrected chi connectivity index (χ4v) is 4.23. The van der Waals surface area contributed by atoms with Crippen molar-refractivity contribution in [1.82, 2.24) is 14.9 Å². The van der Waals surface area contributed by atoms with E-state index >= 15 is 0 Å². The van der Waals surface area contributed by atoms with E-state index in [-0.39, 0.29) is 11.7 Å². The molecule has 3 rings (SSSR count). The summed E-state index contributed by atoms with van der Waals surface area (Å²) in [6, 6.07) is 1.33. The highest BCUT2D eigenvalue weighted by Gasteiger charge is 2.37. The van der Waals surface area contributed by atoms with E-state index < -0.39 is 45.9 Å². The fourth-order valence-electron chi connectivity index (χ4n) is 3.05. The Morgan fingerprint density at radius 2 is 2.00 bits per heavy atom. The lowest BCUT2D eigenvalue weighted by Crippen LogP contribution is -2.44. The second-order valence-electron chi connectivity index (χ2n) is 6.54. The highest BCUT2D eigenvalue weighted by molar-refractivity contribution is 7.92. The molecule has 12 heteroatoms. The molecule has 0 spiro atoms. The summed E-state index contributed by atoms with van der Waals surface area (Å²) in [5.41, 5.74) is -0.704. The quantitative estimate of drug-likeness (QED) is 0.561. The zero-order valence-electron chi connectivity index (χ0n) is 14.5. The molecule has 0 atom stereocenters. The lowest BCUT2D eigenvalue weighted by atomic mass is 10.1. The number of piperidine rings is 1. The average Bonchev–Trinajstić information content (AvgIpc) is 2.81. The Hall–Kier alpha value is -2.60. The number of nitrogens with one attached hydrogen (secondary N) is 3. The molecular weight excluding hydrogens is 381 g/mol. The Bertz CT molecular complexity index is 846. The molecule has 0 unspecified atom stereocenters. The summed E-state index contributed by atoms with van der Waals surface area (Å²) in [4.78, 5) is 25.5. The maximum Gasteiger partial charge on any atom is 0.326 e. The predicted molar refractivity (Wildman–Crippen MR) is 95.1 cm³/mol. The van der Waals surface area contributed by atoms with Crippen molar-refractivity contribution in [3.63, 3.8) is 0 Å². The summed E-state index contributed by atoms with van der Waals surface area (Å²) in [6.45, 7) is 1.06. The number of phenols is 1. The number of carbonyl (C=O) groups excluding carboxylic acids is 2. The first-order valence-corrected chi connectivity index (χ1v) is 9.71. The number of rotatable bonds is 3. The van der Waals surface area contributed by atoms with Crippen LogP contribution in [0.15, 0.2) is 12.1 Å². The Morgan fingerprint density at radius 3 is 2.56 bits per heavy atom. The average molecular weight is 401 g/mol. The lowest BCUT2D eigenvalue weighted by molar-refractivity contribution is -0.117. The summed E-state index contributed by atoms with van der Waals surface area (Å²) in [5.74, 6) is -2.65. The van der Waals surface area contributed by atoms with Crippen LogP contribution in [0.1, 0.15) is 12.8 Å². The van der Waals surface area contributed by atoms with Gasteiger partial charge in [-0.15, -0.1) is 0 Å². The molecule has 0 aliphatic carbocycles. The van der Waals surface area contributed by atoms with Crippen molar-refractivity contribution in [3.8, 4) is 5.75 Å². The van der Waals surface area contributed by atoms with Crippen LogP contribution < -0.4 is 19.7 Å². The molecule has 2 aliphatic heterocycles. The first-order chi connectivity index (χ1) is 12.7. The van der Waals surface area contributed by atoms with Crippen LogP contribution in [0.2, 0.25) is 0 Å². The zero-order chi connectivity index (χ0) is 19.8. The largest absolute Gasteiger partial charge is 0.506 e. The number of benzene rings is 1. The van der Waals surface area contributed by atoms with Crippen molar-refractivity contribution in [1.29, 1.82) is 0 Å². The van der Waals surface area contributed by atoms with Crippen LogP contribution in [0.25, 0.3) is 0 Å². The van der Waals surface area contributed by atoms with Crippen molar-refractivity contribution in [3.05, 3.63) is 17.9 Å². The van der Waals surface area contributed by atoms with Gasteiger partial charge in [-0.25, -0.2) is 18.2 Å². The predicted octanol–water partition coefficient (Wildman–Crippen LogP) is -0.0720. The molecule has 27 heavy (non-hydrogen) atoms. The van der Waals surface area contributed by atoms with Crippen molar-refractivity contribution >= 4 is 33.5 Å². The topological polar surface area (TPSA) is 131 Å². The number of hydrogen-bond donors (Lipinski definition) is 4. The molecule has 0 radical (unpaired) electrons. The van der Waals surface area contributed by atoms with E-state index in [0.717, 1.165) is 38.1 Å². The maximum absolute atomic E-state index is 14.4. The van der Waals surface area contributed by atoms with Crippen LogP contribution in [0.5, 0.6) is 5.75 Å². The highest BCUT2D eigenvalue weighted by atomic mass is 32.2. The second-order valence-corrected chi connectivity index (χ2v) is 8.13. The number of carbonyl (C=O) groups is 2. The molecule has 2 saturated heterocycles. The van der Waals surface area contributed by atoms with E-state index in [0.29, 0.717) is 4.31 Å². The second kappa shape index (κ2) is 7.19. The molecule has 10 nitrogen and oxygen atoms in total. The van der Waals surface area contributed by atoms with Crippen molar-refractivity contribution in [2.45, 2.75) is 18.9 Å². The Labute approximate surface area is 155 Å². The van der Waals surface area contributed by atoms with Crippen molar-refractivity contribution < 1.29 is 27.5 Å². The van der Waals surface area contributed by atoms with Gasteiger partial charge in [-0.3, -0.25) is 4.79 Å². The molecule has 0 saturated carbocycles. The van der Waals surface area contributed by atoms with Crippen LogP contribution in [0.3, 0.4) is 0 Å². The minimum atomic E-state index is -4.26. The summed E-state index contributed by atoms with van der Waals surface area (Å²) >= 11 is 0. The van der Waals surface area contributed by atoms with Crippen LogP contribution in [-0.2, 0) is 15.0 Å². The van der Waals surface area contributed by atoms with Gasteiger partial charge in [-0.05, 0) is 39.0 Å². The van der Waals surface area contributed by atoms with Crippen LogP contribution in [-0.4, -0.2) is 63.1 Å². The first-order valence-electron chi connectivity index (χ1n) is 8.27. The van der Waals surface area contributed by atoms with Gasteiger partial charge in [0.15, 0.2) is 5.82 Å². The summed E-state index contributed by atoms with van der Waals surface area (Å²) < 4.78 is 40.2.